The number of carbonyl (C=O) groups is 1. The van der Waals surface area contributed by atoms with Gasteiger partial charge in [0, 0.05) is 32.6 Å². The fourth-order valence-corrected chi connectivity index (χ4v) is 3.44. The molecule has 0 radical (unpaired) electrons. The summed E-state index contributed by atoms with van der Waals surface area (Å²) >= 11 is 0. The van der Waals surface area contributed by atoms with Crippen molar-refractivity contribution in [3.63, 3.8) is 0 Å². The van der Waals surface area contributed by atoms with Crippen LogP contribution in [0.2, 0.25) is 0 Å². The van der Waals surface area contributed by atoms with E-state index in [-0.39, 0.29) is 48.6 Å². The average Bonchev–Trinajstić information content (AvgIpc) is 2.70. The molecule has 0 bridgehead atoms. The lowest BCUT2D eigenvalue weighted by molar-refractivity contribution is 0.0104. The predicted octanol–water partition coefficient (Wildman–Crippen LogP) is 3.34. The highest BCUT2D eigenvalue weighted by atomic mass is 127. The summed E-state index contributed by atoms with van der Waals surface area (Å²) in [4.78, 5) is 18.7. The van der Waals surface area contributed by atoms with E-state index in [1.54, 1.807) is 7.05 Å². The number of piperidine rings is 1. The van der Waals surface area contributed by atoms with E-state index in [1.165, 1.54) is 0 Å². The lowest BCUT2D eigenvalue weighted by Crippen LogP contribution is -2.52. The maximum Gasteiger partial charge on any atom is 0.410 e. The van der Waals surface area contributed by atoms with Crippen LogP contribution < -0.4 is 10.6 Å². The third-order valence-electron chi connectivity index (χ3n) is 4.99. The molecule has 2 rings (SSSR count). The Balaban J connectivity index is 0.00000450. The molecular formula is C22H37IN4O3. The maximum atomic E-state index is 12.6. The minimum atomic E-state index is -0.499. The zero-order valence-electron chi connectivity index (χ0n) is 18.6. The van der Waals surface area contributed by atoms with Crippen molar-refractivity contribution in [2.45, 2.75) is 57.6 Å². The van der Waals surface area contributed by atoms with Crippen molar-refractivity contribution in [2.75, 3.05) is 33.3 Å². The summed E-state index contributed by atoms with van der Waals surface area (Å²) in [5, 5.41) is 16.3. The van der Waals surface area contributed by atoms with Crippen LogP contribution in [-0.4, -0.2) is 67.0 Å². The van der Waals surface area contributed by atoms with Gasteiger partial charge in [0.2, 0.25) is 0 Å². The molecule has 170 valence electrons. The molecule has 1 fully saturated rings. The van der Waals surface area contributed by atoms with E-state index in [4.69, 9.17) is 4.74 Å². The van der Waals surface area contributed by atoms with Gasteiger partial charge in [0.15, 0.2) is 5.96 Å². The quantitative estimate of drug-likeness (QED) is 0.297. The molecule has 2 atom stereocenters. The van der Waals surface area contributed by atoms with Crippen molar-refractivity contribution in [2.24, 2.45) is 4.99 Å². The molecule has 2 unspecified atom stereocenters. The molecule has 1 aliphatic rings. The number of rotatable bonds is 6. The van der Waals surface area contributed by atoms with Crippen LogP contribution in [0.5, 0.6) is 0 Å². The molecule has 0 spiro atoms. The lowest BCUT2D eigenvalue weighted by atomic mass is 10.0. The van der Waals surface area contributed by atoms with Crippen molar-refractivity contribution < 1.29 is 14.6 Å². The molecular weight excluding hydrogens is 495 g/mol. The molecule has 30 heavy (non-hydrogen) atoms. The lowest BCUT2D eigenvalue weighted by Gasteiger charge is -2.37. The van der Waals surface area contributed by atoms with Gasteiger partial charge in [-0.05, 0) is 45.6 Å². The van der Waals surface area contributed by atoms with E-state index in [1.807, 2.05) is 56.0 Å². The average molecular weight is 532 g/mol. The Morgan fingerprint density at radius 1 is 1.27 bits per heavy atom. The number of nitrogens with zero attached hydrogens (tertiary/aromatic N) is 2. The van der Waals surface area contributed by atoms with Crippen LogP contribution in [0.1, 0.15) is 51.5 Å². The zero-order valence-corrected chi connectivity index (χ0v) is 20.9. The Hall–Kier alpha value is -1.55. The van der Waals surface area contributed by atoms with Crippen molar-refractivity contribution in [1.29, 1.82) is 0 Å². The Morgan fingerprint density at radius 3 is 2.57 bits per heavy atom. The van der Waals surface area contributed by atoms with Gasteiger partial charge in [-0.25, -0.2) is 4.79 Å². The van der Waals surface area contributed by atoms with Gasteiger partial charge in [-0.3, -0.25) is 4.99 Å². The van der Waals surface area contributed by atoms with E-state index in [9.17, 15) is 9.90 Å². The van der Waals surface area contributed by atoms with E-state index in [0.717, 1.165) is 24.8 Å². The number of guanidine groups is 1. The fourth-order valence-electron chi connectivity index (χ4n) is 3.44. The van der Waals surface area contributed by atoms with Gasteiger partial charge >= 0.3 is 6.09 Å². The second-order valence-electron chi connectivity index (χ2n) is 8.45. The third kappa shape index (κ3) is 8.67. The number of aliphatic imine (C=N–C) groups is 1. The van der Waals surface area contributed by atoms with Crippen LogP contribution in [0.3, 0.4) is 0 Å². The molecule has 0 saturated carbocycles. The van der Waals surface area contributed by atoms with Crippen LogP contribution in [0.25, 0.3) is 0 Å². The van der Waals surface area contributed by atoms with Crippen molar-refractivity contribution in [1.82, 2.24) is 15.5 Å². The van der Waals surface area contributed by atoms with Crippen LogP contribution in [-0.2, 0) is 4.74 Å². The third-order valence-corrected chi connectivity index (χ3v) is 4.99. The smallest absolute Gasteiger partial charge is 0.410 e. The van der Waals surface area contributed by atoms with Gasteiger partial charge in [0.25, 0.3) is 0 Å². The number of benzene rings is 1. The molecule has 1 aromatic rings. The van der Waals surface area contributed by atoms with Gasteiger partial charge < -0.3 is 25.4 Å². The summed E-state index contributed by atoms with van der Waals surface area (Å²) < 4.78 is 5.57. The van der Waals surface area contributed by atoms with Gasteiger partial charge in [-0.15, -0.1) is 24.0 Å². The monoisotopic (exact) mass is 532 g/mol. The highest BCUT2D eigenvalue weighted by Crippen LogP contribution is 2.20. The number of ether oxygens (including phenoxy) is 1. The first-order chi connectivity index (χ1) is 13.8. The summed E-state index contributed by atoms with van der Waals surface area (Å²) in [6.07, 6.45) is 2.78. The number of hydrogen-bond acceptors (Lipinski definition) is 4. The number of aliphatic hydroxyl groups excluding tert-OH is 1. The molecule has 1 heterocycles. The first-order valence-corrected chi connectivity index (χ1v) is 10.4. The fraction of sp³-hybridized carbons (Fsp3) is 0.636. The van der Waals surface area contributed by atoms with Crippen LogP contribution in [0.4, 0.5) is 4.79 Å². The SMILES string of the molecule is CN=C(NCC(CO)c1ccccc1)NCC1CCCCN1C(=O)OC(C)(C)C.I. The number of halogens is 1. The number of carbonyl (C=O) groups excluding carboxylic acids is 1. The van der Waals surface area contributed by atoms with E-state index in [0.29, 0.717) is 25.6 Å². The normalized spacial score (nSPS) is 18.2. The van der Waals surface area contributed by atoms with Crippen molar-refractivity contribution >= 4 is 36.0 Å². The number of likely N-dealkylation sites (tertiary alicyclic amines) is 1. The topological polar surface area (TPSA) is 86.2 Å². The van der Waals surface area contributed by atoms with E-state index in [2.05, 4.69) is 15.6 Å². The predicted molar refractivity (Wildman–Crippen MR) is 132 cm³/mol. The highest BCUT2D eigenvalue weighted by molar-refractivity contribution is 14.0. The Labute approximate surface area is 197 Å². The number of aliphatic hydroxyl groups is 1. The maximum absolute atomic E-state index is 12.6. The molecule has 0 aliphatic carbocycles. The van der Waals surface area contributed by atoms with Crippen LogP contribution in [0.15, 0.2) is 35.3 Å². The van der Waals surface area contributed by atoms with Crippen molar-refractivity contribution in [3.8, 4) is 0 Å². The largest absolute Gasteiger partial charge is 0.444 e. The molecule has 7 nitrogen and oxygen atoms in total. The minimum absolute atomic E-state index is 0. The minimum Gasteiger partial charge on any atom is -0.444 e. The summed E-state index contributed by atoms with van der Waals surface area (Å²) in [7, 11) is 1.72. The molecule has 1 aliphatic heterocycles. The van der Waals surface area contributed by atoms with Crippen molar-refractivity contribution in [3.05, 3.63) is 35.9 Å². The Morgan fingerprint density at radius 2 is 1.97 bits per heavy atom. The summed E-state index contributed by atoms with van der Waals surface area (Å²) in [6, 6.07) is 10.0. The second-order valence-corrected chi connectivity index (χ2v) is 8.45. The number of hydrogen-bond donors (Lipinski definition) is 3. The van der Waals surface area contributed by atoms with E-state index < -0.39 is 5.60 Å². The van der Waals surface area contributed by atoms with E-state index >= 15 is 0 Å². The molecule has 3 N–H and O–H groups in total. The summed E-state index contributed by atoms with van der Waals surface area (Å²) in [6.45, 7) is 7.61. The Kier molecular flexibility index (Phi) is 11.5. The van der Waals surface area contributed by atoms with Gasteiger partial charge in [-0.1, -0.05) is 30.3 Å². The Bertz CT molecular complexity index is 664. The molecule has 1 saturated heterocycles. The molecule has 0 aromatic heterocycles. The second kappa shape index (κ2) is 13.0. The molecule has 1 aromatic carbocycles. The van der Waals surface area contributed by atoms with Crippen LogP contribution in [0, 0.1) is 0 Å². The summed E-state index contributed by atoms with van der Waals surface area (Å²) in [5.74, 6) is 0.650. The summed E-state index contributed by atoms with van der Waals surface area (Å²) in [5.41, 5.74) is 0.585. The van der Waals surface area contributed by atoms with Crippen LogP contribution >= 0.6 is 24.0 Å². The number of nitrogens with one attached hydrogen (secondary N) is 2. The van der Waals surface area contributed by atoms with Gasteiger partial charge in [0.1, 0.15) is 5.60 Å². The molecule has 1 amide bonds. The molecule has 8 heteroatoms. The van der Waals surface area contributed by atoms with Gasteiger partial charge in [-0.2, -0.15) is 0 Å². The standard InChI is InChI=1S/C22H36N4O3.HI/c1-22(2,3)29-21(28)26-13-9-8-12-19(26)15-25-20(23-4)24-14-18(16-27)17-10-6-5-7-11-17;/h5-7,10-11,18-19,27H,8-9,12-16H2,1-4H3,(H2,23,24,25);1H. The first kappa shape index (κ1) is 26.5. The highest BCUT2D eigenvalue weighted by Gasteiger charge is 2.30. The number of amides is 1. The zero-order chi connectivity index (χ0) is 21.3. The first-order valence-electron chi connectivity index (χ1n) is 10.4. The van der Waals surface area contributed by atoms with Gasteiger partial charge in [0.05, 0.1) is 12.6 Å².